The Bertz CT molecular complexity index is 1080. The van der Waals surface area contributed by atoms with Crippen LogP contribution in [0.5, 0.6) is 0 Å². The van der Waals surface area contributed by atoms with Crippen LogP contribution in [0.2, 0.25) is 5.02 Å². The van der Waals surface area contributed by atoms with Crippen LogP contribution in [-0.4, -0.2) is 45.5 Å². The Morgan fingerprint density at radius 2 is 2.10 bits per heavy atom. The van der Waals surface area contributed by atoms with E-state index in [9.17, 15) is 18.0 Å². The molecule has 1 fully saturated rings. The summed E-state index contributed by atoms with van der Waals surface area (Å²) in [6.45, 7) is 0.745. The summed E-state index contributed by atoms with van der Waals surface area (Å²) in [7, 11) is 2.00. The second-order valence-electron chi connectivity index (χ2n) is 7.53. The van der Waals surface area contributed by atoms with E-state index in [-0.39, 0.29) is 17.8 Å². The van der Waals surface area contributed by atoms with E-state index >= 15 is 0 Å². The van der Waals surface area contributed by atoms with Crippen molar-refractivity contribution >= 4 is 34.4 Å². The highest BCUT2D eigenvalue weighted by Gasteiger charge is 2.32. The molecule has 1 aliphatic heterocycles. The minimum atomic E-state index is -4.52. The van der Waals surface area contributed by atoms with Crippen LogP contribution in [0.4, 0.5) is 23.7 Å². The fourth-order valence-corrected chi connectivity index (χ4v) is 3.85. The van der Waals surface area contributed by atoms with Crippen LogP contribution in [-0.2, 0) is 6.18 Å². The lowest BCUT2D eigenvalue weighted by Gasteiger charge is -2.36. The van der Waals surface area contributed by atoms with E-state index in [0.29, 0.717) is 11.4 Å². The first-order chi connectivity index (χ1) is 14.7. The maximum absolute atomic E-state index is 12.6. The zero-order chi connectivity index (χ0) is 22.2. The Morgan fingerprint density at radius 3 is 2.81 bits per heavy atom. The number of hydrogen-bond donors (Lipinski definition) is 3. The molecule has 1 aromatic carbocycles. The largest absolute Gasteiger partial charge is 0.433 e. The Balaban J connectivity index is 1.40. The number of fused-ring (bicyclic) bond motifs is 1. The summed E-state index contributed by atoms with van der Waals surface area (Å²) < 4.78 is 37.8. The van der Waals surface area contributed by atoms with E-state index in [2.05, 4.69) is 30.5 Å². The minimum Gasteiger partial charge on any atom is -0.341 e. The molecule has 4 rings (SSSR count). The molecule has 2 atom stereocenters. The van der Waals surface area contributed by atoms with Gasteiger partial charge in [-0.25, -0.2) is 14.8 Å². The number of likely N-dealkylation sites (tertiary alicyclic amines) is 1. The molecule has 1 saturated heterocycles. The van der Waals surface area contributed by atoms with Gasteiger partial charge in [0.15, 0.2) is 0 Å². The third-order valence-electron chi connectivity index (χ3n) is 5.29. The van der Waals surface area contributed by atoms with E-state index < -0.39 is 17.9 Å². The second kappa shape index (κ2) is 8.35. The van der Waals surface area contributed by atoms with Gasteiger partial charge in [0.1, 0.15) is 11.5 Å². The summed E-state index contributed by atoms with van der Waals surface area (Å²) >= 11 is 6.05. The van der Waals surface area contributed by atoms with Gasteiger partial charge in [0.25, 0.3) is 0 Å². The van der Waals surface area contributed by atoms with Crippen molar-refractivity contribution in [3.05, 3.63) is 53.1 Å². The van der Waals surface area contributed by atoms with Gasteiger partial charge in [-0.2, -0.15) is 13.2 Å². The van der Waals surface area contributed by atoms with E-state index in [1.54, 1.807) is 6.07 Å². The third kappa shape index (κ3) is 4.91. The first kappa shape index (κ1) is 21.4. The zero-order valence-corrected chi connectivity index (χ0v) is 17.3. The number of urea groups is 1. The van der Waals surface area contributed by atoms with Crippen LogP contribution in [0, 0.1) is 0 Å². The molecule has 3 heterocycles. The molecule has 3 N–H and O–H groups in total. The normalized spacial score (nSPS) is 20.0. The summed E-state index contributed by atoms with van der Waals surface area (Å²) in [6.07, 6.45) is -2.17. The van der Waals surface area contributed by atoms with Crippen molar-refractivity contribution in [2.75, 3.05) is 18.9 Å². The molecular weight excluding hydrogens is 433 g/mol. The van der Waals surface area contributed by atoms with E-state index in [4.69, 9.17) is 11.6 Å². The highest BCUT2D eigenvalue weighted by Crippen LogP contribution is 2.30. The van der Waals surface area contributed by atoms with Gasteiger partial charge in [0.2, 0.25) is 0 Å². The van der Waals surface area contributed by atoms with Crippen LogP contribution in [0.3, 0.4) is 0 Å². The SMILES string of the molecule is CN1CC[C@@H](NC(=O)Nc2ccc(C(F)(F)F)nc2)C[C@@H]1c1nc2ccc(Cl)cc2[nH]1. The monoisotopic (exact) mass is 452 g/mol. The van der Waals surface area contributed by atoms with Crippen molar-refractivity contribution in [1.29, 1.82) is 0 Å². The molecule has 2 aromatic heterocycles. The zero-order valence-electron chi connectivity index (χ0n) is 16.5. The number of aromatic amines is 1. The van der Waals surface area contributed by atoms with Crippen LogP contribution >= 0.6 is 11.6 Å². The molecule has 2 amide bonds. The van der Waals surface area contributed by atoms with Gasteiger partial charge in [0, 0.05) is 17.6 Å². The molecule has 31 heavy (non-hydrogen) atoms. The second-order valence-corrected chi connectivity index (χ2v) is 7.97. The Hall–Kier alpha value is -2.85. The summed E-state index contributed by atoms with van der Waals surface area (Å²) in [5.74, 6) is 0.790. The first-order valence-electron chi connectivity index (χ1n) is 9.65. The quantitative estimate of drug-likeness (QED) is 0.542. The molecule has 7 nitrogen and oxygen atoms in total. The number of benzene rings is 1. The van der Waals surface area contributed by atoms with Crippen LogP contribution in [0.15, 0.2) is 36.5 Å². The summed E-state index contributed by atoms with van der Waals surface area (Å²) in [6, 6.07) is 6.80. The van der Waals surface area contributed by atoms with Crippen molar-refractivity contribution in [2.45, 2.75) is 31.1 Å². The number of pyridine rings is 1. The van der Waals surface area contributed by atoms with Gasteiger partial charge in [0.05, 0.1) is 29.0 Å². The van der Waals surface area contributed by atoms with Crippen molar-refractivity contribution in [2.24, 2.45) is 0 Å². The number of piperidine rings is 1. The van der Waals surface area contributed by atoms with Crippen LogP contribution in [0.25, 0.3) is 11.0 Å². The van der Waals surface area contributed by atoms with Crippen molar-refractivity contribution in [3.8, 4) is 0 Å². The highest BCUT2D eigenvalue weighted by atomic mass is 35.5. The number of carbonyl (C=O) groups excluding carboxylic acids is 1. The molecule has 0 radical (unpaired) electrons. The number of nitrogens with zero attached hydrogens (tertiary/aromatic N) is 3. The fraction of sp³-hybridized carbons (Fsp3) is 0.350. The summed E-state index contributed by atoms with van der Waals surface area (Å²) in [4.78, 5) is 25.8. The van der Waals surface area contributed by atoms with Gasteiger partial charge < -0.3 is 15.6 Å². The smallest absolute Gasteiger partial charge is 0.341 e. The number of aromatic nitrogens is 3. The average Bonchev–Trinajstić information content (AvgIpc) is 3.12. The van der Waals surface area contributed by atoms with Gasteiger partial charge in [-0.3, -0.25) is 4.90 Å². The van der Waals surface area contributed by atoms with Crippen LogP contribution < -0.4 is 10.6 Å². The number of imidazole rings is 1. The highest BCUT2D eigenvalue weighted by molar-refractivity contribution is 6.31. The lowest BCUT2D eigenvalue weighted by molar-refractivity contribution is -0.141. The number of alkyl halides is 3. The number of carbonyl (C=O) groups is 1. The lowest BCUT2D eigenvalue weighted by atomic mass is 9.97. The lowest BCUT2D eigenvalue weighted by Crippen LogP contribution is -2.46. The Labute approximate surface area is 181 Å². The minimum absolute atomic E-state index is 0.0297. The fourth-order valence-electron chi connectivity index (χ4n) is 3.68. The topological polar surface area (TPSA) is 85.9 Å². The Kier molecular flexibility index (Phi) is 5.76. The van der Waals surface area contributed by atoms with Crippen LogP contribution in [0.1, 0.15) is 30.4 Å². The van der Waals surface area contributed by atoms with E-state index in [1.807, 2.05) is 19.2 Å². The molecule has 0 aliphatic carbocycles. The number of amides is 2. The molecule has 1 aliphatic rings. The standard InChI is InChI=1S/C20H20ClF3N6O/c1-30-7-6-12(9-16(30)18-28-14-4-2-11(21)8-15(14)29-18)26-19(31)27-13-3-5-17(25-10-13)20(22,23)24/h2-5,8,10,12,16H,6-7,9H2,1H3,(H,28,29)(H2,26,27,31)/t12-,16-/m1/s1. The van der Waals surface area contributed by atoms with Gasteiger partial charge in [-0.1, -0.05) is 11.6 Å². The number of H-pyrrole nitrogens is 1. The van der Waals surface area contributed by atoms with E-state index in [1.165, 1.54) is 6.07 Å². The molecule has 3 aromatic rings. The molecule has 0 spiro atoms. The van der Waals surface area contributed by atoms with Gasteiger partial charge >= 0.3 is 12.2 Å². The van der Waals surface area contributed by atoms with Crippen molar-refractivity contribution < 1.29 is 18.0 Å². The summed E-state index contributed by atoms with van der Waals surface area (Å²) in [5, 5.41) is 6.03. The molecule has 0 bridgehead atoms. The molecule has 0 unspecified atom stereocenters. The average molecular weight is 453 g/mol. The van der Waals surface area contributed by atoms with E-state index in [0.717, 1.165) is 42.1 Å². The molecule has 164 valence electrons. The maximum atomic E-state index is 12.6. The third-order valence-corrected chi connectivity index (χ3v) is 5.53. The maximum Gasteiger partial charge on any atom is 0.433 e. The van der Waals surface area contributed by atoms with Crippen molar-refractivity contribution in [3.63, 3.8) is 0 Å². The molecule has 11 heteroatoms. The predicted molar refractivity (Wildman–Crippen MR) is 111 cm³/mol. The Morgan fingerprint density at radius 1 is 1.29 bits per heavy atom. The molecule has 0 saturated carbocycles. The number of anilines is 1. The number of halogens is 4. The van der Waals surface area contributed by atoms with Crippen molar-refractivity contribution in [1.82, 2.24) is 25.2 Å². The predicted octanol–water partition coefficient (Wildman–Crippen LogP) is 4.59. The molecular formula is C20H20ClF3N6O. The first-order valence-corrected chi connectivity index (χ1v) is 10.0. The number of nitrogens with one attached hydrogen (secondary N) is 3. The summed E-state index contributed by atoms with van der Waals surface area (Å²) in [5.41, 5.74) is 0.835. The number of rotatable bonds is 3. The van der Waals surface area contributed by atoms with Gasteiger partial charge in [-0.15, -0.1) is 0 Å². The number of hydrogen-bond acceptors (Lipinski definition) is 4. The van der Waals surface area contributed by atoms with Gasteiger partial charge in [-0.05, 0) is 50.2 Å².